The van der Waals surface area contributed by atoms with Crippen LogP contribution >= 0.6 is 19.2 Å². The monoisotopic (exact) mass is 676 g/mol. The summed E-state index contributed by atoms with van der Waals surface area (Å²) in [5.41, 5.74) is 8.90. The lowest BCUT2D eigenvalue weighted by atomic mass is 9.81. The van der Waals surface area contributed by atoms with Crippen molar-refractivity contribution in [3.05, 3.63) is 106 Å². The first-order chi connectivity index (χ1) is 22.4. The molecule has 1 atom stereocenters. The molecule has 0 fully saturated rings. The largest absolute Gasteiger partial charge is 0.778 e. The van der Waals surface area contributed by atoms with Gasteiger partial charge in [0.15, 0.2) is 5.71 Å². The van der Waals surface area contributed by atoms with Gasteiger partial charge in [-0.3, -0.25) is 0 Å². The minimum atomic E-state index is -3.93. The van der Waals surface area contributed by atoms with Crippen LogP contribution in [0.2, 0.25) is 0 Å². The van der Waals surface area contributed by atoms with Gasteiger partial charge in [-0.1, -0.05) is 74.0 Å². The van der Waals surface area contributed by atoms with E-state index in [-0.39, 0.29) is 30.2 Å². The van der Waals surface area contributed by atoms with E-state index >= 15 is 0 Å². The summed E-state index contributed by atoms with van der Waals surface area (Å²) in [6.07, 6.45) is 14.3. The predicted molar refractivity (Wildman–Crippen MR) is 193 cm³/mol. The lowest BCUT2D eigenvalue weighted by Crippen LogP contribution is -2.29. The number of rotatable bonds is 13. The highest BCUT2D eigenvalue weighted by molar-refractivity contribution is 7.51. The van der Waals surface area contributed by atoms with Gasteiger partial charge >= 0.3 is 0 Å². The fourth-order valence-corrected chi connectivity index (χ4v) is 8.66. The summed E-state index contributed by atoms with van der Waals surface area (Å²) >= 11 is 7.16. The Hall–Kier alpha value is -2.73. The number of aliphatic hydroxyl groups is 1. The van der Waals surface area contributed by atoms with Crippen molar-refractivity contribution in [1.29, 1.82) is 0 Å². The Labute approximate surface area is 286 Å². The van der Waals surface area contributed by atoms with Crippen LogP contribution in [0, 0.1) is 0 Å². The van der Waals surface area contributed by atoms with E-state index in [4.69, 9.17) is 16.1 Å². The highest BCUT2D eigenvalue weighted by Crippen LogP contribution is 2.49. The van der Waals surface area contributed by atoms with E-state index in [1.54, 1.807) is 6.92 Å². The van der Waals surface area contributed by atoms with Crippen LogP contribution in [-0.4, -0.2) is 47.9 Å². The second-order valence-corrected chi connectivity index (χ2v) is 16.1. The minimum absolute atomic E-state index is 0.0632. The Bertz CT molecular complexity index is 1680. The van der Waals surface area contributed by atoms with Crippen LogP contribution in [0.5, 0.6) is 0 Å². The van der Waals surface area contributed by atoms with Gasteiger partial charge in [-0.25, -0.2) is 0 Å². The van der Waals surface area contributed by atoms with Crippen molar-refractivity contribution in [2.24, 2.45) is 0 Å². The average molecular weight is 677 g/mol. The lowest BCUT2D eigenvalue weighted by molar-refractivity contribution is -0.438. The summed E-state index contributed by atoms with van der Waals surface area (Å²) in [6.45, 7) is 12.3. The van der Waals surface area contributed by atoms with Crippen LogP contribution in [-0.2, 0) is 19.9 Å². The van der Waals surface area contributed by atoms with E-state index in [9.17, 15) is 14.6 Å². The maximum atomic E-state index is 12.5. The Morgan fingerprint density at radius 2 is 1.70 bits per heavy atom. The zero-order valence-electron chi connectivity index (χ0n) is 28.6. The van der Waals surface area contributed by atoms with E-state index in [0.29, 0.717) is 6.54 Å². The van der Waals surface area contributed by atoms with Crippen molar-refractivity contribution in [2.75, 3.05) is 37.4 Å². The maximum absolute atomic E-state index is 12.5. The topological polar surface area (TPSA) is 75.8 Å². The lowest BCUT2D eigenvalue weighted by Gasteiger charge is -2.30. The number of benzene rings is 2. The molecule has 1 aliphatic carbocycles. The summed E-state index contributed by atoms with van der Waals surface area (Å²) < 4.78 is 20.0. The van der Waals surface area contributed by atoms with Gasteiger partial charge in [-0.2, -0.15) is 4.58 Å². The van der Waals surface area contributed by atoms with Crippen LogP contribution in [0.25, 0.3) is 0 Å². The summed E-state index contributed by atoms with van der Waals surface area (Å²) in [6, 6.07) is 16.9. The Kier molecular flexibility index (Phi) is 11.2. The Balaban J connectivity index is 1.46. The van der Waals surface area contributed by atoms with Crippen molar-refractivity contribution in [2.45, 2.75) is 84.0 Å². The second kappa shape index (κ2) is 14.8. The molecule has 2 aromatic carbocycles. The van der Waals surface area contributed by atoms with Crippen molar-refractivity contribution in [1.82, 2.24) is 0 Å². The predicted octanol–water partition coefficient (Wildman–Crippen LogP) is 8.66. The third-order valence-electron chi connectivity index (χ3n) is 9.90. The molecule has 1 N–H and O–H groups in total. The molecule has 0 radical (unpaired) electrons. The van der Waals surface area contributed by atoms with Crippen LogP contribution in [0.1, 0.15) is 84.3 Å². The fourth-order valence-electron chi connectivity index (χ4n) is 7.37. The molecule has 0 amide bonds. The molecular formula is C39H50ClN2O4P. The quantitative estimate of drug-likeness (QED) is 0.131. The van der Waals surface area contributed by atoms with Gasteiger partial charge < -0.3 is 24.0 Å². The first kappa shape index (κ1) is 35.6. The molecule has 0 aromatic heterocycles. The summed E-state index contributed by atoms with van der Waals surface area (Å²) in [7, 11) is -3.93. The van der Waals surface area contributed by atoms with E-state index in [2.05, 4.69) is 97.9 Å². The van der Waals surface area contributed by atoms with Gasteiger partial charge in [0.2, 0.25) is 5.69 Å². The molecule has 2 aliphatic heterocycles. The SMILES string of the molecule is CCOP(=O)([O-])CCN1/C(=C\C=C2\CCCC(/C=C/C3=[N+](CCCCCO)c4ccccc4C3(C)C)=C2Cl)C(C)(C)c2ccccc21. The standard InChI is InChI=1S/C39H50ClN2O4P/c1-6-46-47(44,45)28-26-42-34-20-11-9-18-32(34)39(4,5)36(42)24-22-30-16-14-15-29(37(30)40)21-23-35-38(2,3)31-17-8-10-19-33(31)41(35)25-12-7-13-27-43/h8-11,17-24,43H,6-7,12-16,25-28H2,1-5H3. The van der Waals surface area contributed by atoms with Gasteiger partial charge in [0.1, 0.15) is 14.1 Å². The molecule has 252 valence electrons. The van der Waals surface area contributed by atoms with Gasteiger partial charge in [0.05, 0.1) is 12.0 Å². The molecular weight excluding hydrogens is 627 g/mol. The minimum Gasteiger partial charge on any atom is -0.778 e. The van der Waals surface area contributed by atoms with Gasteiger partial charge in [-0.05, 0) is 81.7 Å². The zero-order chi connectivity index (χ0) is 33.8. The number of unbranched alkanes of at least 4 members (excludes halogenated alkanes) is 2. The van der Waals surface area contributed by atoms with Gasteiger partial charge in [0.25, 0.3) is 0 Å². The molecule has 3 aliphatic rings. The molecule has 5 rings (SSSR count). The number of fused-ring (bicyclic) bond motifs is 2. The molecule has 6 nitrogen and oxygen atoms in total. The Morgan fingerprint density at radius 1 is 0.979 bits per heavy atom. The molecule has 8 heteroatoms. The molecule has 0 spiro atoms. The highest BCUT2D eigenvalue weighted by atomic mass is 35.5. The van der Waals surface area contributed by atoms with Crippen molar-refractivity contribution in [3.8, 4) is 0 Å². The summed E-state index contributed by atoms with van der Waals surface area (Å²) in [5.74, 6) is 0. The first-order valence-corrected chi connectivity index (χ1v) is 19.2. The summed E-state index contributed by atoms with van der Waals surface area (Å²) in [5, 5.41) is 10.1. The van der Waals surface area contributed by atoms with E-state index in [0.717, 1.165) is 72.6 Å². The number of hydrogen-bond acceptors (Lipinski definition) is 5. The van der Waals surface area contributed by atoms with Crippen LogP contribution in [0.4, 0.5) is 11.4 Å². The third-order valence-corrected chi connectivity index (χ3v) is 11.8. The fraction of sp³-hybridized carbons (Fsp3) is 0.462. The average Bonchev–Trinajstić information content (AvgIpc) is 3.39. The maximum Gasteiger partial charge on any atom is 0.209 e. The van der Waals surface area contributed by atoms with E-state index in [1.165, 1.54) is 22.5 Å². The van der Waals surface area contributed by atoms with E-state index < -0.39 is 7.60 Å². The summed E-state index contributed by atoms with van der Waals surface area (Å²) in [4.78, 5) is 14.6. The normalized spacial score (nSPS) is 21.7. The number of anilines is 1. The molecule has 47 heavy (non-hydrogen) atoms. The van der Waals surface area contributed by atoms with Crippen molar-refractivity contribution in [3.63, 3.8) is 0 Å². The Morgan fingerprint density at radius 3 is 2.45 bits per heavy atom. The van der Waals surface area contributed by atoms with E-state index in [1.807, 2.05) is 12.1 Å². The second-order valence-electron chi connectivity index (χ2n) is 13.8. The number of halogens is 1. The third kappa shape index (κ3) is 7.48. The van der Waals surface area contributed by atoms with Crippen molar-refractivity contribution >= 4 is 36.3 Å². The van der Waals surface area contributed by atoms with Crippen LogP contribution in [0.3, 0.4) is 0 Å². The van der Waals surface area contributed by atoms with Crippen molar-refractivity contribution < 1.29 is 23.7 Å². The molecule has 2 heterocycles. The molecule has 0 bridgehead atoms. The first-order valence-electron chi connectivity index (χ1n) is 17.1. The van der Waals surface area contributed by atoms with Crippen LogP contribution in [0.15, 0.2) is 94.7 Å². The molecule has 0 saturated carbocycles. The number of allylic oxidation sites excluding steroid dienone is 8. The number of para-hydroxylation sites is 2. The zero-order valence-corrected chi connectivity index (χ0v) is 30.2. The number of nitrogens with zero attached hydrogens (tertiary/aromatic N) is 2. The van der Waals surface area contributed by atoms with Crippen LogP contribution < -0.4 is 9.79 Å². The number of hydrogen-bond donors (Lipinski definition) is 1. The molecule has 2 aromatic rings. The van der Waals surface area contributed by atoms with Gasteiger partial charge in [0, 0.05) is 65.3 Å². The smallest absolute Gasteiger partial charge is 0.209 e. The number of aliphatic hydroxyl groups excluding tert-OH is 1. The van der Waals surface area contributed by atoms with Gasteiger partial charge in [-0.15, -0.1) is 0 Å². The molecule has 1 unspecified atom stereocenters. The highest BCUT2D eigenvalue weighted by Gasteiger charge is 2.44. The molecule has 0 saturated heterocycles.